The Morgan fingerprint density at radius 1 is 0.842 bits per heavy atom. The first-order valence-electron chi connectivity index (χ1n) is 7.66. The molecule has 19 heavy (non-hydrogen) atoms. The van der Waals surface area contributed by atoms with E-state index in [2.05, 4.69) is 6.92 Å². The summed E-state index contributed by atoms with van der Waals surface area (Å²) in [5.74, 6) is 0. The largest absolute Gasteiger partial charge is 0.400 e. The minimum atomic E-state index is -3.70. The van der Waals surface area contributed by atoms with E-state index in [1.165, 1.54) is 44.9 Å². The third-order valence-corrected chi connectivity index (χ3v) is 4.65. The second-order valence-corrected chi connectivity index (χ2v) is 6.66. The van der Waals surface area contributed by atoms with Gasteiger partial charge in [0.2, 0.25) is 0 Å². The van der Waals surface area contributed by atoms with E-state index in [1.807, 2.05) is 0 Å². The van der Waals surface area contributed by atoms with Crippen LogP contribution >= 0.6 is 0 Å². The lowest BCUT2D eigenvalue weighted by Crippen LogP contribution is -2.18. The molecule has 2 atom stereocenters. The third kappa shape index (κ3) is 7.28. The van der Waals surface area contributed by atoms with E-state index in [0.717, 1.165) is 19.3 Å². The summed E-state index contributed by atoms with van der Waals surface area (Å²) in [6, 6.07) is 0. The van der Waals surface area contributed by atoms with Gasteiger partial charge in [-0.25, -0.2) is 8.37 Å². The zero-order chi connectivity index (χ0) is 14.1. The molecule has 114 valence electrons. The van der Waals surface area contributed by atoms with Gasteiger partial charge in [-0.1, -0.05) is 64.7 Å². The fraction of sp³-hybridized carbons (Fsp3) is 1.00. The molecule has 0 aromatic heterocycles. The molecule has 0 aromatic rings. The summed E-state index contributed by atoms with van der Waals surface area (Å²) in [6.45, 7) is 3.99. The molecule has 0 aliphatic carbocycles. The molecular formula is C14H28O4S. The molecule has 1 aliphatic heterocycles. The molecule has 0 aromatic carbocycles. The predicted octanol–water partition coefficient (Wildman–Crippen LogP) is 3.96. The molecule has 0 radical (unpaired) electrons. The standard InChI is InChI=1S/C14H28O4S/c1-3-4-5-6-7-8-9-10-11-12-14-13(2)17-19(15,16)18-14/h13-14H,3-12H2,1-2H3/t13-,14-/m1/s1. The van der Waals surface area contributed by atoms with Gasteiger partial charge in [-0.15, -0.1) is 0 Å². The molecule has 1 saturated heterocycles. The van der Waals surface area contributed by atoms with Crippen LogP contribution in [0.5, 0.6) is 0 Å². The summed E-state index contributed by atoms with van der Waals surface area (Å²) in [5, 5.41) is 0. The molecule has 1 fully saturated rings. The molecule has 0 unspecified atom stereocenters. The summed E-state index contributed by atoms with van der Waals surface area (Å²) >= 11 is 0. The number of hydrogen-bond acceptors (Lipinski definition) is 4. The zero-order valence-electron chi connectivity index (χ0n) is 12.3. The van der Waals surface area contributed by atoms with Crippen LogP contribution in [0.2, 0.25) is 0 Å². The third-order valence-electron chi connectivity index (χ3n) is 3.63. The van der Waals surface area contributed by atoms with Gasteiger partial charge in [0.1, 0.15) is 12.2 Å². The first kappa shape index (κ1) is 16.9. The SMILES string of the molecule is CCCCCCCCCCC[C@H]1OS(=O)(=O)O[C@@H]1C. The maximum Gasteiger partial charge on any atom is 0.400 e. The summed E-state index contributed by atoms with van der Waals surface area (Å²) in [6.07, 6.45) is 11.5. The molecule has 0 N–H and O–H groups in total. The fourth-order valence-corrected chi connectivity index (χ4v) is 3.54. The predicted molar refractivity (Wildman–Crippen MR) is 76.2 cm³/mol. The molecule has 1 rings (SSSR count). The van der Waals surface area contributed by atoms with Crippen molar-refractivity contribution in [3.05, 3.63) is 0 Å². The Morgan fingerprint density at radius 2 is 1.37 bits per heavy atom. The maximum absolute atomic E-state index is 11.1. The van der Waals surface area contributed by atoms with Crippen LogP contribution < -0.4 is 0 Å². The molecule has 5 heteroatoms. The van der Waals surface area contributed by atoms with Crippen LogP contribution in [0.1, 0.15) is 78.1 Å². The van der Waals surface area contributed by atoms with Gasteiger partial charge in [-0.2, -0.15) is 8.42 Å². The first-order chi connectivity index (χ1) is 9.05. The molecule has 0 saturated carbocycles. The van der Waals surface area contributed by atoms with Crippen LogP contribution in [0.25, 0.3) is 0 Å². The van der Waals surface area contributed by atoms with Crippen LogP contribution in [0.4, 0.5) is 0 Å². The van der Waals surface area contributed by atoms with E-state index >= 15 is 0 Å². The highest BCUT2D eigenvalue weighted by Gasteiger charge is 2.36. The lowest BCUT2D eigenvalue weighted by atomic mass is 10.0. The first-order valence-corrected chi connectivity index (χ1v) is 9.00. The van der Waals surface area contributed by atoms with E-state index in [0.29, 0.717) is 0 Å². The van der Waals surface area contributed by atoms with E-state index in [1.54, 1.807) is 6.92 Å². The van der Waals surface area contributed by atoms with E-state index in [4.69, 9.17) is 8.37 Å². The fourth-order valence-electron chi connectivity index (χ4n) is 2.44. The number of unbranched alkanes of at least 4 members (excludes halogenated alkanes) is 8. The Hall–Kier alpha value is -0.130. The molecule has 4 nitrogen and oxygen atoms in total. The summed E-state index contributed by atoms with van der Waals surface area (Å²) in [7, 11) is -3.70. The molecular weight excluding hydrogens is 264 g/mol. The lowest BCUT2D eigenvalue weighted by molar-refractivity contribution is 0.158. The zero-order valence-corrected chi connectivity index (χ0v) is 13.1. The van der Waals surface area contributed by atoms with Gasteiger partial charge >= 0.3 is 10.4 Å². The van der Waals surface area contributed by atoms with Crippen molar-refractivity contribution in [2.75, 3.05) is 0 Å². The summed E-state index contributed by atoms with van der Waals surface area (Å²) in [4.78, 5) is 0. The number of hydrogen-bond donors (Lipinski definition) is 0. The average Bonchev–Trinajstić information content (AvgIpc) is 2.60. The minimum absolute atomic E-state index is 0.283. The van der Waals surface area contributed by atoms with Gasteiger partial charge in [-0.3, -0.25) is 0 Å². The lowest BCUT2D eigenvalue weighted by Gasteiger charge is -2.09. The average molecular weight is 292 g/mol. The Bertz CT molecular complexity index is 326. The highest BCUT2D eigenvalue weighted by atomic mass is 32.3. The van der Waals surface area contributed by atoms with Gasteiger partial charge in [-0.05, 0) is 13.3 Å². The van der Waals surface area contributed by atoms with Crippen molar-refractivity contribution < 1.29 is 16.8 Å². The Kier molecular flexibility index (Phi) is 7.95. The maximum atomic E-state index is 11.1. The van der Waals surface area contributed by atoms with Gasteiger partial charge in [0.05, 0.1) is 0 Å². The van der Waals surface area contributed by atoms with Crippen molar-refractivity contribution in [1.82, 2.24) is 0 Å². The second-order valence-electron chi connectivity index (χ2n) is 5.46. The van der Waals surface area contributed by atoms with E-state index in [-0.39, 0.29) is 12.2 Å². The summed E-state index contributed by atoms with van der Waals surface area (Å²) < 4.78 is 31.8. The van der Waals surface area contributed by atoms with Crippen LogP contribution in [-0.4, -0.2) is 20.6 Å². The van der Waals surface area contributed by atoms with E-state index < -0.39 is 10.4 Å². The van der Waals surface area contributed by atoms with Gasteiger partial charge < -0.3 is 0 Å². The van der Waals surface area contributed by atoms with Gasteiger partial charge in [0, 0.05) is 0 Å². The van der Waals surface area contributed by atoms with Crippen LogP contribution in [0, 0.1) is 0 Å². The Balaban J connectivity index is 1.94. The van der Waals surface area contributed by atoms with Crippen molar-refractivity contribution in [2.24, 2.45) is 0 Å². The van der Waals surface area contributed by atoms with Gasteiger partial charge in [0.15, 0.2) is 0 Å². The van der Waals surface area contributed by atoms with Gasteiger partial charge in [0.25, 0.3) is 0 Å². The molecule has 0 bridgehead atoms. The van der Waals surface area contributed by atoms with Crippen LogP contribution in [0.15, 0.2) is 0 Å². The normalized spacial score (nSPS) is 25.8. The highest BCUT2D eigenvalue weighted by molar-refractivity contribution is 7.82. The quantitative estimate of drug-likeness (QED) is 0.572. The minimum Gasteiger partial charge on any atom is -0.242 e. The Morgan fingerprint density at radius 3 is 1.84 bits per heavy atom. The highest BCUT2D eigenvalue weighted by Crippen LogP contribution is 2.24. The smallest absolute Gasteiger partial charge is 0.242 e. The van der Waals surface area contributed by atoms with Crippen molar-refractivity contribution >= 4 is 10.4 Å². The number of rotatable bonds is 10. The van der Waals surface area contributed by atoms with Crippen molar-refractivity contribution in [1.29, 1.82) is 0 Å². The van der Waals surface area contributed by atoms with Crippen molar-refractivity contribution in [3.8, 4) is 0 Å². The van der Waals surface area contributed by atoms with Crippen molar-refractivity contribution in [3.63, 3.8) is 0 Å². The molecule has 1 aliphatic rings. The summed E-state index contributed by atoms with van der Waals surface area (Å²) in [5.41, 5.74) is 0. The second kappa shape index (κ2) is 8.93. The molecule has 0 spiro atoms. The topological polar surface area (TPSA) is 52.6 Å². The van der Waals surface area contributed by atoms with Crippen LogP contribution in [0.3, 0.4) is 0 Å². The monoisotopic (exact) mass is 292 g/mol. The Labute approximate surface area is 118 Å². The van der Waals surface area contributed by atoms with Crippen LogP contribution in [-0.2, 0) is 18.8 Å². The molecule has 1 heterocycles. The molecule has 0 amide bonds. The van der Waals surface area contributed by atoms with Crippen molar-refractivity contribution in [2.45, 2.75) is 90.3 Å². The van der Waals surface area contributed by atoms with E-state index in [9.17, 15) is 8.42 Å².